The van der Waals surface area contributed by atoms with E-state index in [4.69, 9.17) is 4.74 Å². The molecule has 0 heterocycles. The molecule has 0 radical (unpaired) electrons. The number of hydrogen-bond donors (Lipinski definition) is 0. The standard InChI is InChI=1S/C17H16F2O2/c1-11(2)21-16-9-4-3-7-13(16)15(20)10-12-6-5-8-14(18)17(12)19/h3-9,11H,10H2,1-2H3. The zero-order chi connectivity index (χ0) is 15.4. The van der Waals surface area contributed by atoms with Crippen LogP contribution in [0.1, 0.15) is 29.8 Å². The average molecular weight is 290 g/mol. The molecule has 0 N–H and O–H groups in total. The summed E-state index contributed by atoms with van der Waals surface area (Å²) < 4.78 is 32.4. The van der Waals surface area contributed by atoms with E-state index < -0.39 is 11.6 Å². The van der Waals surface area contributed by atoms with Gasteiger partial charge in [-0.25, -0.2) is 8.78 Å². The van der Waals surface area contributed by atoms with Crippen LogP contribution in [0.25, 0.3) is 0 Å². The highest BCUT2D eigenvalue weighted by Gasteiger charge is 2.16. The number of halogens is 2. The Morgan fingerprint density at radius 3 is 2.52 bits per heavy atom. The van der Waals surface area contributed by atoms with Crippen molar-refractivity contribution in [1.82, 2.24) is 0 Å². The van der Waals surface area contributed by atoms with Crippen molar-refractivity contribution in [3.63, 3.8) is 0 Å². The maximum atomic E-state index is 13.6. The second-order valence-electron chi connectivity index (χ2n) is 4.98. The molecule has 0 unspecified atom stereocenters. The summed E-state index contributed by atoms with van der Waals surface area (Å²) in [5.74, 6) is -1.79. The summed E-state index contributed by atoms with van der Waals surface area (Å²) in [7, 11) is 0. The van der Waals surface area contributed by atoms with Gasteiger partial charge in [-0.2, -0.15) is 0 Å². The van der Waals surface area contributed by atoms with Crippen LogP contribution in [0.4, 0.5) is 8.78 Å². The van der Waals surface area contributed by atoms with E-state index in [1.807, 2.05) is 13.8 Å². The Labute approximate surface area is 122 Å². The minimum absolute atomic E-state index is 0.0411. The number of carbonyl (C=O) groups is 1. The second-order valence-corrected chi connectivity index (χ2v) is 4.98. The van der Waals surface area contributed by atoms with Crippen LogP contribution in [-0.4, -0.2) is 11.9 Å². The van der Waals surface area contributed by atoms with E-state index in [0.717, 1.165) is 6.07 Å². The molecule has 2 nitrogen and oxygen atoms in total. The van der Waals surface area contributed by atoms with Gasteiger partial charge in [-0.1, -0.05) is 24.3 Å². The maximum Gasteiger partial charge on any atom is 0.171 e. The SMILES string of the molecule is CC(C)Oc1ccccc1C(=O)Cc1cccc(F)c1F. The molecule has 21 heavy (non-hydrogen) atoms. The zero-order valence-electron chi connectivity index (χ0n) is 11.9. The molecule has 2 aromatic carbocycles. The van der Waals surface area contributed by atoms with Gasteiger partial charge in [0.25, 0.3) is 0 Å². The highest BCUT2D eigenvalue weighted by Crippen LogP contribution is 2.22. The van der Waals surface area contributed by atoms with Gasteiger partial charge in [-0.05, 0) is 37.6 Å². The topological polar surface area (TPSA) is 26.3 Å². The van der Waals surface area contributed by atoms with Crippen LogP contribution < -0.4 is 4.74 Å². The van der Waals surface area contributed by atoms with Crippen LogP contribution in [0.3, 0.4) is 0 Å². The lowest BCUT2D eigenvalue weighted by atomic mass is 10.0. The molecule has 0 aliphatic carbocycles. The molecule has 0 atom stereocenters. The largest absolute Gasteiger partial charge is 0.490 e. The lowest BCUT2D eigenvalue weighted by Gasteiger charge is -2.13. The third-order valence-corrected chi connectivity index (χ3v) is 2.93. The number of ketones is 1. The van der Waals surface area contributed by atoms with Crippen molar-refractivity contribution in [3.8, 4) is 5.75 Å². The molecule has 0 spiro atoms. The third-order valence-electron chi connectivity index (χ3n) is 2.93. The van der Waals surface area contributed by atoms with E-state index >= 15 is 0 Å². The zero-order valence-corrected chi connectivity index (χ0v) is 11.9. The average Bonchev–Trinajstić information content (AvgIpc) is 2.44. The summed E-state index contributed by atoms with van der Waals surface area (Å²) in [4.78, 5) is 12.3. The van der Waals surface area contributed by atoms with Crippen LogP contribution in [-0.2, 0) is 6.42 Å². The first-order valence-electron chi connectivity index (χ1n) is 6.71. The van der Waals surface area contributed by atoms with Gasteiger partial charge < -0.3 is 4.74 Å². The summed E-state index contributed by atoms with van der Waals surface area (Å²) in [5.41, 5.74) is 0.411. The fourth-order valence-electron chi connectivity index (χ4n) is 2.01. The van der Waals surface area contributed by atoms with Crippen molar-refractivity contribution < 1.29 is 18.3 Å². The summed E-state index contributed by atoms with van der Waals surface area (Å²) in [6.45, 7) is 3.71. The summed E-state index contributed by atoms with van der Waals surface area (Å²) in [6, 6.07) is 10.6. The smallest absolute Gasteiger partial charge is 0.171 e. The molecule has 0 saturated carbocycles. The Morgan fingerprint density at radius 1 is 1.10 bits per heavy atom. The maximum absolute atomic E-state index is 13.6. The number of carbonyl (C=O) groups excluding carboxylic acids is 1. The molecule has 0 saturated heterocycles. The minimum atomic E-state index is -0.979. The van der Waals surface area contributed by atoms with Gasteiger partial charge in [-0.15, -0.1) is 0 Å². The Kier molecular flexibility index (Phi) is 4.68. The number of hydrogen-bond acceptors (Lipinski definition) is 2. The fraction of sp³-hybridized carbons (Fsp3) is 0.235. The minimum Gasteiger partial charge on any atom is -0.490 e. The van der Waals surface area contributed by atoms with Crippen molar-refractivity contribution in [2.45, 2.75) is 26.4 Å². The molecule has 2 rings (SSSR count). The number of ether oxygens (including phenoxy) is 1. The molecule has 0 amide bonds. The number of rotatable bonds is 5. The van der Waals surface area contributed by atoms with Gasteiger partial charge in [0, 0.05) is 6.42 Å². The Bertz CT molecular complexity index is 651. The second kappa shape index (κ2) is 6.48. The van der Waals surface area contributed by atoms with Gasteiger partial charge in [0.2, 0.25) is 0 Å². The van der Waals surface area contributed by atoms with Crippen molar-refractivity contribution >= 4 is 5.78 Å². The Morgan fingerprint density at radius 2 is 1.81 bits per heavy atom. The van der Waals surface area contributed by atoms with Gasteiger partial charge in [0.05, 0.1) is 11.7 Å². The lowest BCUT2D eigenvalue weighted by Crippen LogP contribution is -2.12. The van der Waals surface area contributed by atoms with Gasteiger partial charge in [0.1, 0.15) is 5.75 Å². The molecule has 110 valence electrons. The number of benzene rings is 2. The fourth-order valence-corrected chi connectivity index (χ4v) is 2.01. The summed E-state index contributed by atoms with van der Waals surface area (Å²) >= 11 is 0. The molecule has 0 fully saturated rings. The van der Waals surface area contributed by atoms with E-state index in [0.29, 0.717) is 11.3 Å². The molecule has 0 aliphatic heterocycles. The van der Waals surface area contributed by atoms with Gasteiger partial charge in [-0.3, -0.25) is 4.79 Å². The van der Waals surface area contributed by atoms with Crippen molar-refractivity contribution in [3.05, 3.63) is 65.2 Å². The van der Waals surface area contributed by atoms with Gasteiger partial charge >= 0.3 is 0 Å². The monoisotopic (exact) mass is 290 g/mol. The predicted octanol–water partition coefficient (Wildman–Crippen LogP) is 4.18. The van der Waals surface area contributed by atoms with E-state index in [9.17, 15) is 13.6 Å². The first-order valence-corrected chi connectivity index (χ1v) is 6.71. The summed E-state index contributed by atoms with van der Waals surface area (Å²) in [5, 5.41) is 0. The van der Waals surface area contributed by atoms with Crippen LogP contribution >= 0.6 is 0 Å². The number of Topliss-reactive ketones (excluding diaryl/α,β-unsaturated/α-hetero) is 1. The molecule has 4 heteroatoms. The summed E-state index contributed by atoms with van der Waals surface area (Å²) in [6.07, 6.45) is -0.285. The normalized spacial score (nSPS) is 10.7. The molecule has 0 aromatic heterocycles. The van der Waals surface area contributed by atoms with E-state index in [1.165, 1.54) is 12.1 Å². The first kappa shape index (κ1) is 15.2. The Hall–Kier alpha value is -2.23. The predicted molar refractivity (Wildman–Crippen MR) is 76.6 cm³/mol. The molecule has 0 bridgehead atoms. The molecule has 0 aliphatic rings. The van der Waals surface area contributed by atoms with Crippen LogP contribution in [0.2, 0.25) is 0 Å². The molecule has 2 aromatic rings. The molecular weight excluding hydrogens is 274 g/mol. The van der Waals surface area contributed by atoms with Crippen molar-refractivity contribution in [2.24, 2.45) is 0 Å². The highest BCUT2D eigenvalue weighted by molar-refractivity contribution is 6.00. The highest BCUT2D eigenvalue weighted by atomic mass is 19.2. The van der Waals surface area contributed by atoms with Crippen LogP contribution in [0.15, 0.2) is 42.5 Å². The van der Waals surface area contributed by atoms with Crippen molar-refractivity contribution in [1.29, 1.82) is 0 Å². The Balaban J connectivity index is 2.27. The number of para-hydroxylation sites is 1. The first-order chi connectivity index (χ1) is 9.99. The van der Waals surface area contributed by atoms with Crippen LogP contribution in [0, 0.1) is 11.6 Å². The van der Waals surface area contributed by atoms with Crippen molar-refractivity contribution in [2.75, 3.05) is 0 Å². The molecular formula is C17H16F2O2. The van der Waals surface area contributed by atoms with E-state index in [2.05, 4.69) is 0 Å². The quantitative estimate of drug-likeness (QED) is 0.772. The van der Waals surface area contributed by atoms with E-state index in [1.54, 1.807) is 24.3 Å². The lowest BCUT2D eigenvalue weighted by molar-refractivity contribution is 0.0986. The van der Waals surface area contributed by atoms with Gasteiger partial charge in [0.15, 0.2) is 17.4 Å². The third kappa shape index (κ3) is 3.66. The van der Waals surface area contributed by atoms with Crippen LogP contribution in [0.5, 0.6) is 5.75 Å². The van der Waals surface area contributed by atoms with E-state index in [-0.39, 0.29) is 23.9 Å².